The van der Waals surface area contributed by atoms with Crippen molar-refractivity contribution in [2.45, 2.75) is 53.4 Å². The normalized spacial score (nSPS) is 11.1. The zero-order valence-electron chi connectivity index (χ0n) is 11.4. The Morgan fingerprint density at radius 3 is 2.12 bits per heavy atom. The summed E-state index contributed by atoms with van der Waals surface area (Å²) in [5, 5.41) is 0. The molecule has 100 valence electrons. The summed E-state index contributed by atoms with van der Waals surface area (Å²) in [5.74, 6) is -0.336. The highest BCUT2D eigenvalue weighted by Gasteiger charge is 2.28. The predicted molar refractivity (Wildman–Crippen MR) is 65.5 cm³/mol. The second kappa shape index (κ2) is 8.09. The minimum Gasteiger partial charge on any atom is -0.466 e. The van der Waals surface area contributed by atoms with E-state index < -0.39 is 5.41 Å². The molecule has 0 rings (SSSR count). The van der Waals surface area contributed by atoms with Gasteiger partial charge in [0, 0.05) is 6.42 Å². The molecule has 0 aliphatic carbocycles. The third-order valence-electron chi connectivity index (χ3n) is 2.57. The minimum absolute atomic E-state index is 0.165. The lowest BCUT2D eigenvalue weighted by atomic mass is 9.87. The lowest BCUT2D eigenvalue weighted by Crippen LogP contribution is -2.26. The molecule has 0 saturated carbocycles. The average molecular weight is 244 g/mol. The van der Waals surface area contributed by atoms with Crippen LogP contribution in [0.15, 0.2) is 0 Å². The first-order chi connectivity index (χ1) is 7.94. The summed E-state index contributed by atoms with van der Waals surface area (Å²) in [5.41, 5.74) is -0.468. The Bertz CT molecular complexity index is 246. The van der Waals surface area contributed by atoms with Gasteiger partial charge in [0.1, 0.15) is 0 Å². The summed E-state index contributed by atoms with van der Waals surface area (Å²) >= 11 is 0. The van der Waals surface area contributed by atoms with Crippen molar-refractivity contribution in [2.75, 3.05) is 13.2 Å². The summed E-state index contributed by atoms with van der Waals surface area (Å²) in [7, 11) is 0. The molecule has 0 N–H and O–H groups in total. The Kier molecular flexibility index (Phi) is 7.59. The molecule has 0 saturated heterocycles. The van der Waals surface area contributed by atoms with Crippen molar-refractivity contribution in [3.8, 4) is 0 Å². The van der Waals surface area contributed by atoms with Crippen LogP contribution < -0.4 is 0 Å². The fourth-order valence-corrected chi connectivity index (χ4v) is 1.50. The van der Waals surface area contributed by atoms with Crippen LogP contribution in [0.1, 0.15) is 53.4 Å². The highest BCUT2D eigenvalue weighted by Crippen LogP contribution is 2.25. The standard InChI is InChI=1S/C13H24O4/c1-5-16-11(14)9-7-8-10-13(3,4)12(15)17-6-2/h5-10H2,1-4H3. The van der Waals surface area contributed by atoms with E-state index in [2.05, 4.69) is 0 Å². The Hall–Kier alpha value is -1.06. The van der Waals surface area contributed by atoms with E-state index in [0.717, 1.165) is 19.3 Å². The molecule has 0 unspecified atom stereocenters. The van der Waals surface area contributed by atoms with E-state index in [9.17, 15) is 9.59 Å². The van der Waals surface area contributed by atoms with E-state index in [4.69, 9.17) is 9.47 Å². The molecule has 0 fully saturated rings. The molecule has 0 aromatic carbocycles. The van der Waals surface area contributed by atoms with Crippen molar-refractivity contribution in [1.82, 2.24) is 0 Å². The van der Waals surface area contributed by atoms with Crippen molar-refractivity contribution in [3.63, 3.8) is 0 Å². The van der Waals surface area contributed by atoms with E-state index in [-0.39, 0.29) is 11.9 Å². The van der Waals surface area contributed by atoms with Crippen LogP contribution in [0, 0.1) is 5.41 Å². The van der Waals surface area contributed by atoms with E-state index in [1.807, 2.05) is 13.8 Å². The Morgan fingerprint density at radius 1 is 1.00 bits per heavy atom. The number of ether oxygens (including phenoxy) is 2. The van der Waals surface area contributed by atoms with Gasteiger partial charge in [0.15, 0.2) is 0 Å². The quantitative estimate of drug-likeness (QED) is 0.486. The number of carbonyl (C=O) groups is 2. The smallest absolute Gasteiger partial charge is 0.311 e. The van der Waals surface area contributed by atoms with E-state index >= 15 is 0 Å². The van der Waals surface area contributed by atoms with Crippen LogP contribution in [0.3, 0.4) is 0 Å². The molecule has 0 aliphatic rings. The summed E-state index contributed by atoms with van der Waals surface area (Å²) in [4.78, 5) is 22.7. The predicted octanol–water partition coefficient (Wildman–Crippen LogP) is 2.70. The van der Waals surface area contributed by atoms with Gasteiger partial charge in [-0.3, -0.25) is 9.59 Å². The van der Waals surface area contributed by atoms with Gasteiger partial charge in [0.25, 0.3) is 0 Å². The number of unbranched alkanes of at least 4 members (excludes halogenated alkanes) is 1. The fourth-order valence-electron chi connectivity index (χ4n) is 1.50. The lowest BCUT2D eigenvalue weighted by Gasteiger charge is -2.21. The van der Waals surface area contributed by atoms with Crippen LogP contribution in [0.5, 0.6) is 0 Å². The summed E-state index contributed by atoms with van der Waals surface area (Å²) in [6, 6.07) is 0. The van der Waals surface area contributed by atoms with E-state index in [1.165, 1.54) is 0 Å². The minimum atomic E-state index is -0.468. The third-order valence-corrected chi connectivity index (χ3v) is 2.57. The molecule has 4 heteroatoms. The molecular formula is C13H24O4. The Labute approximate surface area is 104 Å². The number of carbonyl (C=O) groups excluding carboxylic acids is 2. The number of hydrogen-bond donors (Lipinski definition) is 0. The molecule has 0 radical (unpaired) electrons. The summed E-state index contributed by atoms with van der Waals surface area (Å²) < 4.78 is 9.82. The number of esters is 2. The first-order valence-corrected chi connectivity index (χ1v) is 6.27. The van der Waals surface area contributed by atoms with Gasteiger partial charge in [0.05, 0.1) is 18.6 Å². The van der Waals surface area contributed by atoms with Crippen LogP contribution in [-0.4, -0.2) is 25.2 Å². The second-order valence-corrected chi connectivity index (χ2v) is 4.62. The monoisotopic (exact) mass is 244 g/mol. The number of rotatable bonds is 8. The second-order valence-electron chi connectivity index (χ2n) is 4.62. The van der Waals surface area contributed by atoms with Crippen molar-refractivity contribution in [3.05, 3.63) is 0 Å². The van der Waals surface area contributed by atoms with Crippen LogP contribution in [0.2, 0.25) is 0 Å². The van der Waals surface area contributed by atoms with Gasteiger partial charge in [0.2, 0.25) is 0 Å². The molecule has 0 aromatic heterocycles. The third kappa shape index (κ3) is 6.97. The highest BCUT2D eigenvalue weighted by molar-refractivity contribution is 5.75. The first kappa shape index (κ1) is 15.9. The zero-order valence-corrected chi connectivity index (χ0v) is 11.4. The molecule has 0 aliphatic heterocycles. The van der Waals surface area contributed by atoms with Crippen molar-refractivity contribution >= 4 is 11.9 Å². The van der Waals surface area contributed by atoms with Gasteiger partial charge < -0.3 is 9.47 Å². The van der Waals surface area contributed by atoms with Crippen molar-refractivity contribution in [2.24, 2.45) is 5.41 Å². The molecule has 0 aromatic rings. The van der Waals surface area contributed by atoms with Crippen LogP contribution in [-0.2, 0) is 19.1 Å². The molecule has 17 heavy (non-hydrogen) atoms. The van der Waals surface area contributed by atoms with E-state index in [1.54, 1.807) is 13.8 Å². The van der Waals surface area contributed by atoms with Gasteiger partial charge in [-0.25, -0.2) is 0 Å². The Morgan fingerprint density at radius 2 is 1.59 bits per heavy atom. The SMILES string of the molecule is CCOC(=O)CCCCC(C)(C)C(=O)OCC. The van der Waals surface area contributed by atoms with Gasteiger partial charge >= 0.3 is 11.9 Å². The maximum absolute atomic E-state index is 11.6. The maximum Gasteiger partial charge on any atom is 0.311 e. The molecule has 0 amide bonds. The fraction of sp³-hybridized carbons (Fsp3) is 0.846. The summed E-state index contributed by atoms with van der Waals surface area (Å²) in [6.07, 6.45) is 2.73. The molecule has 0 spiro atoms. The molecular weight excluding hydrogens is 220 g/mol. The maximum atomic E-state index is 11.6. The van der Waals surface area contributed by atoms with Crippen LogP contribution >= 0.6 is 0 Å². The van der Waals surface area contributed by atoms with Gasteiger partial charge in [-0.1, -0.05) is 6.42 Å². The molecule has 0 bridgehead atoms. The summed E-state index contributed by atoms with van der Waals surface area (Å²) in [6.45, 7) is 8.17. The largest absolute Gasteiger partial charge is 0.466 e. The van der Waals surface area contributed by atoms with Crippen LogP contribution in [0.25, 0.3) is 0 Å². The molecule has 4 nitrogen and oxygen atoms in total. The van der Waals surface area contributed by atoms with E-state index in [0.29, 0.717) is 19.6 Å². The Balaban J connectivity index is 3.79. The van der Waals surface area contributed by atoms with Crippen molar-refractivity contribution in [1.29, 1.82) is 0 Å². The lowest BCUT2D eigenvalue weighted by molar-refractivity contribution is -0.153. The average Bonchev–Trinajstić information content (AvgIpc) is 2.25. The van der Waals surface area contributed by atoms with Gasteiger partial charge in [-0.2, -0.15) is 0 Å². The first-order valence-electron chi connectivity index (χ1n) is 6.27. The number of hydrogen-bond acceptors (Lipinski definition) is 4. The molecule has 0 atom stereocenters. The van der Waals surface area contributed by atoms with Crippen LogP contribution in [0.4, 0.5) is 0 Å². The van der Waals surface area contributed by atoms with Gasteiger partial charge in [-0.15, -0.1) is 0 Å². The highest BCUT2D eigenvalue weighted by atomic mass is 16.5. The zero-order chi connectivity index (χ0) is 13.3. The topological polar surface area (TPSA) is 52.6 Å². The van der Waals surface area contributed by atoms with Crippen molar-refractivity contribution < 1.29 is 19.1 Å². The van der Waals surface area contributed by atoms with Gasteiger partial charge in [-0.05, 0) is 40.5 Å². The molecule has 0 heterocycles.